The number of nitrogens with zero attached hydrogens (tertiary/aromatic N) is 2. The van der Waals surface area contributed by atoms with Crippen LogP contribution in [-0.4, -0.2) is 54.4 Å². The van der Waals surface area contributed by atoms with E-state index in [0.29, 0.717) is 18.7 Å². The van der Waals surface area contributed by atoms with E-state index in [1.165, 1.54) is 31.2 Å². The molecule has 0 saturated heterocycles. The number of benzene rings is 3. The Kier molecular flexibility index (Phi) is 10.8. The molecule has 3 aromatic carbocycles. The lowest BCUT2D eigenvalue weighted by atomic mass is 10.0. The Morgan fingerprint density at radius 2 is 1.49 bits per heavy atom. The molecule has 4 N–H and O–H groups in total. The van der Waals surface area contributed by atoms with Crippen molar-refractivity contribution < 1.29 is 22.8 Å². The topological polar surface area (TPSA) is 159 Å². The van der Waals surface area contributed by atoms with Gasteiger partial charge in [0.1, 0.15) is 10.9 Å². The zero-order chi connectivity index (χ0) is 30.7. The van der Waals surface area contributed by atoms with Gasteiger partial charge in [-0.05, 0) is 42.0 Å². The molecule has 0 aliphatic heterocycles. The highest BCUT2D eigenvalue weighted by molar-refractivity contribution is 7.99. The first-order valence-electron chi connectivity index (χ1n) is 13.2. The quantitative estimate of drug-likeness (QED) is 0.130. The number of thioether (sulfide) groups is 1. The Bertz CT molecular complexity index is 1640. The standard InChI is InChI=1S/C30H30N6O5S2/c1-21(37)34-27(18-22-8-4-2-5-9-22)29(39)35-24-14-12-23(13-15-24)28(38)36-43(40,41)26-19-32-30(33-20-26)31-16-17-42-25-10-6-3-7-11-25/h2-15,19-20,27H,16-18H2,1H3,(H,34,37)(H,35,39)(H,36,38)(H,31,32,33)/t27-/m0/s1. The van der Waals surface area contributed by atoms with E-state index in [4.69, 9.17) is 0 Å². The van der Waals surface area contributed by atoms with Crippen molar-refractivity contribution in [1.29, 1.82) is 0 Å². The molecule has 1 aromatic heterocycles. The number of aromatic nitrogens is 2. The van der Waals surface area contributed by atoms with Crippen molar-refractivity contribution in [2.75, 3.05) is 22.9 Å². The van der Waals surface area contributed by atoms with Crippen LogP contribution in [0.2, 0.25) is 0 Å². The van der Waals surface area contributed by atoms with Crippen molar-refractivity contribution in [1.82, 2.24) is 20.0 Å². The summed E-state index contributed by atoms with van der Waals surface area (Å²) < 4.78 is 27.5. The van der Waals surface area contributed by atoms with Crippen molar-refractivity contribution in [2.24, 2.45) is 0 Å². The molecule has 0 unspecified atom stereocenters. The molecule has 1 heterocycles. The summed E-state index contributed by atoms with van der Waals surface area (Å²) in [6, 6.07) is 24.0. The van der Waals surface area contributed by atoms with Crippen LogP contribution in [-0.2, 0) is 26.0 Å². The summed E-state index contributed by atoms with van der Waals surface area (Å²) in [5.74, 6) is -0.625. The van der Waals surface area contributed by atoms with E-state index in [1.54, 1.807) is 11.8 Å². The zero-order valence-electron chi connectivity index (χ0n) is 23.2. The number of amides is 3. The largest absolute Gasteiger partial charge is 0.353 e. The van der Waals surface area contributed by atoms with Crippen molar-refractivity contribution in [3.8, 4) is 0 Å². The molecule has 1 atom stereocenters. The molecule has 222 valence electrons. The second kappa shape index (κ2) is 14.9. The van der Waals surface area contributed by atoms with Gasteiger partial charge in [0.25, 0.3) is 15.9 Å². The lowest BCUT2D eigenvalue weighted by Crippen LogP contribution is -2.44. The predicted octanol–water partition coefficient (Wildman–Crippen LogP) is 3.49. The minimum Gasteiger partial charge on any atom is -0.353 e. The highest BCUT2D eigenvalue weighted by atomic mass is 32.2. The third-order valence-electron chi connectivity index (χ3n) is 5.95. The summed E-state index contributed by atoms with van der Waals surface area (Å²) in [6.45, 7) is 1.90. The normalized spacial score (nSPS) is 11.7. The monoisotopic (exact) mass is 618 g/mol. The van der Waals surface area contributed by atoms with Gasteiger partial charge in [0.15, 0.2) is 0 Å². The van der Waals surface area contributed by atoms with Gasteiger partial charge in [-0.15, -0.1) is 11.8 Å². The van der Waals surface area contributed by atoms with Gasteiger partial charge in [-0.1, -0.05) is 48.5 Å². The Balaban J connectivity index is 1.30. The third kappa shape index (κ3) is 9.65. The van der Waals surface area contributed by atoms with Gasteiger partial charge in [-0.2, -0.15) is 0 Å². The molecule has 4 rings (SSSR count). The van der Waals surface area contributed by atoms with Crippen LogP contribution in [0.3, 0.4) is 0 Å². The summed E-state index contributed by atoms with van der Waals surface area (Å²) in [6.07, 6.45) is 2.53. The van der Waals surface area contributed by atoms with Gasteiger partial charge in [0.2, 0.25) is 17.8 Å². The third-order valence-corrected chi connectivity index (χ3v) is 8.25. The van der Waals surface area contributed by atoms with Crippen LogP contribution in [0.5, 0.6) is 0 Å². The van der Waals surface area contributed by atoms with E-state index in [9.17, 15) is 22.8 Å². The molecule has 43 heavy (non-hydrogen) atoms. The van der Waals surface area contributed by atoms with Crippen molar-refractivity contribution in [3.63, 3.8) is 0 Å². The Morgan fingerprint density at radius 3 is 2.12 bits per heavy atom. The number of sulfonamides is 1. The van der Waals surface area contributed by atoms with E-state index in [-0.39, 0.29) is 22.3 Å². The molecule has 0 saturated carbocycles. The average molecular weight is 619 g/mol. The number of anilines is 2. The first-order chi connectivity index (χ1) is 20.7. The van der Waals surface area contributed by atoms with Crippen LogP contribution >= 0.6 is 11.8 Å². The summed E-state index contributed by atoms with van der Waals surface area (Å²) in [5, 5.41) is 8.39. The first kappa shape index (κ1) is 31.2. The fourth-order valence-electron chi connectivity index (χ4n) is 3.87. The summed E-state index contributed by atoms with van der Waals surface area (Å²) in [5.41, 5.74) is 1.30. The van der Waals surface area contributed by atoms with Crippen LogP contribution in [0.4, 0.5) is 11.6 Å². The van der Waals surface area contributed by atoms with E-state index < -0.39 is 27.9 Å². The van der Waals surface area contributed by atoms with Gasteiger partial charge in [-0.3, -0.25) is 14.4 Å². The van der Waals surface area contributed by atoms with Crippen molar-refractivity contribution >= 4 is 51.1 Å². The van der Waals surface area contributed by atoms with Crippen molar-refractivity contribution in [2.45, 2.75) is 29.2 Å². The fraction of sp³-hybridized carbons (Fsp3) is 0.167. The Hall–Kier alpha value is -4.75. The second-order valence-electron chi connectivity index (χ2n) is 9.27. The highest BCUT2D eigenvalue weighted by Gasteiger charge is 2.22. The minimum absolute atomic E-state index is 0.0550. The number of hydrogen-bond donors (Lipinski definition) is 4. The molecule has 0 bridgehead atoms. The number of rotatable bonds is 13. The van der Waals surface area contributed by atoms with Gasteiger partial charge in [-0.25, -0.2) is 23.1 Å². The fourth-order valence-corrected chi connectivity index (χ4v) is 5.53. The van der Waals surface area contributed by atoms with Crippen LogP contribution in [0, 0.1) is 0 Å². The van der Waals surface area contributed by atoms with Crippen molar-refractivity contribution in [3.05, 3.63) is 108 Å². The van der Waals surface area contributed by atoms with Gasteiger partial charge in [0, 0.05) is 41.8 Å². The maximum absolute atomic E-state index is 12.9. The minimum atomic E-state index is -4.23. The molecule has 0 spiro atoms. The summed E-state index contributed by atoms with van der Waals surface area (Å²) in [4.78, 5) is 46.1. The highest BCUT2D eigenvalue weighted by Crippen LogP contribution is 2.17. The SMILES string of the molecule is CC(=O)N[C@@H](Cc1ccccc1)C(=O)Nc1ccc(C(=O)NS(=O)(=O)c2cnc(NCCSc3ccccc3)nc2)cc1. The van der Waals surface area contributed by atoms with Crippen LogP contribution in [0.1, 0.15) is 22.8 Å². The van der Waals surface area contributed by atoms with E-state index >= 15 is 0 Å². The average Bonchev–Trinajstić information content (AvgIpc) is 3.00. The molecule has 0 radical (unpaired) electrons. The zero-order valence-corrected chi connectivity index (χ0v) is 24.8. The molecule has 11 nitrogen and oxygen atoms in total. The molecular formula is C30H30N6O5S2. The first-order valence-corrected chi connectivity index (χ1v) is 15.7. The molecule has 0 aliphatic carbocycles. The van der Waals surface area contributed by atoms with E-state index in [0.717, 1.165) is 28.6 Å². The molecule has 3 amide bonds. The number of hydrogen-bond acceptors (Lipinski definition) is 9. The number of nitrogens with one attached hydrogen (secondary N) is 4. The molecule has 0 aliphatic rings. The predicted molar refractivity (Wildman–Crippen MR) is 165 cm³/mol. The second-order valence-corrected chi connectivity index (χ2v) is 12.1. The van der Waals surface area contributed by atoms with Gasteiger partial charge < -0.3 is 16.0 Å². The molecular weight excluding hydrogens is 589 g/mol. The lowest BCUT2D eigenvalue weighted by Gasteiger charge is -2.18. The van der Waals surface area contributed by atoms with Gasteiger partial charge in [0.05, 0.1) is 12.4 Å². The molecule has 13 heteroatoms. The summed E-state index contributed by atoms with van der Waals surface area (Å²) >= 11 is 1.66. The van der Waals surface area contributed by atoms with Crippen LogP contribution < -0.4 is 20.7 Å². The van der Waals surface area contributed by atoms with Gasteiger partial charge >= 0.3 is 0 Å². The van der Waals surface area contributed by atoms with Crippen LogP contribution in [0.25, 0.3) is 0 Å². The van der Waals surface area contributed by atoms with E-state index in [1.807, 2.05) is 65.4 Å². The summed E-state index contributed by atoms with van der Waals surface area (Å²) in [7, 11) is -4.23. The Morgan fingerprint density at radius 1 is 0.860 bits per heavy atom. The Labute approximate surface area is 254 Å². The van der Waals surface area contributed by atoms with Crippen LogP contribution in [0.15, 0.2) is 107 Å². The smallest absolute Gasteiger partial charge is 0.267 e. The molecule has 4 aromatic rings. The molecule has 0 fully saturated rings. The maximum Gasteiger partial charge on any atom is 0.267 e. The maximum atomic E-state index is 12.9. The number of carbonyl (C=O) groups is 3. The van der Waals surface area contributed by atoms with E-state index in [2.05, 4.69) is 25.9 Å². The lowest BCUT2D eigenvalue weighted by molar-refractivity contribution is -0.125. The number of carbonyl (C=O) groups excluding carboxylic acids is 3.